The van der Waals surface area contributed by atoms with E-state index in [4.69, 9.17) is 0 Å². The van der Waals surface area contributed by atoms with Gasteiger partial charge in [0, 0.05) is 11.4 Å². The number of alkyl halides is 3. The highest BCUT2D eigenvalue weighted by Gasteiger charge is 2.33. The Bertz CT molecular complexity index is 1030. The predicted octanol–water partition coefficient (Wildman–Crippen LogP) is 6.29. The highest BCUT2D eigenvalue weighted by Crippen LogP contribution is 2.36. The molecule has 0 saturated carbocycles. The van der Waals surface area contributed by atoms with Crippen LogP contribution in [0.25, 0.3) is 0 Å². The SMILES string of the molecule is Cc1cccc(F)c1C(=O)Nc1ccc(Nc2cc(F)ccc2C(F)(F)F)cc1. The number of nitrogens with one attached hydrogen (secondary N) is 2. The van der Waals surface area contributed by atoms with Crippen LogP contribution in [0.5, 0.6) is 0 Å². The number of aryl methyl sites for hydroxylation is 1. The fraction of sp³-hybridized carbons (Fsp3) is 0.0952. The third kappa shape index (κ3) is 4.71. The van der Waals surface area contributed by atoms with Gasteiger partial charge in [0.1, 0.15) is 11.6 Å². The van der Waals surface area contributed by atoms with E-state index in [-0.39, 0.29) is 11.3 Å². The molecule has 1 amide bonds. The first kappa shape index (κ1) is 20.3. The molecule has 0 unspecified atom stereocenters. The van der Waals surface area contributed by atoms with Crippen LogP contribution in [-0.2, 0) is 6.18 Å². The van der Waals surface area contributed by atoms with Crippen molar-refractivity contribution >= 4 is 23.0 Å². The summed E-state index contributed by atoms with van der Waals surface area (Å²) in [6.07, 6.45) is -4.65. The molecule has 3 nitrogen and oxygen atoms in total. The normalized spacial score (nSPS) is 11.2. The molecule has 3 aromatic carbocycles. The first-order valence-electron chi connectivity index (χ1n) is 8.45. The van der Waals surface area contributed by atoms with Crippen molar-refractivity contribution in [3.63, 3.8) is 0 Å². The minimum absolute atomic E-state index is 0.0933. The Morgan fingerprint density at radius 1 is 0.897 bits per heavy atom. The van der Waals surface area contributed by atoms with Gasteiger partial charge in [0.15, 0.2) is 0 Å². The van der Waals surface area contributed by atoms with Crippen molar-refractivity contribution < 1.29 is 26.7 Å². The number of hydrogen-bond acceptors (Lipinski definition) is 2. The van der Waals surface area contributed by atoms with Crippen LogP contribution < -0.4 is 10.6 Å². The van der Waals surface area contributed by atoms with Gasteiger partial charge in [0.25, 0.3) is 5.91 Å². The number of hydrogen-bond donors (Lipinski definition) is 2. The summed E-state index contributed by atoms with van der Waals surface area (Å²) in [6.45, 7) is 1.60. The third-order valence-electron chi connectivity index (χ3n) is 4.16. The first-order chi connectivity index (χ1) is 13.6. The van der Waals surface area contributed by atoms with Crippen molar-refractivity contribution in [1.82, 2.24) is 0 Å². The van der Waals surface area contributed by atoms with Crippen LogP contribution in [0.4, 0.5) is 39.0 Å². The molecule has 0 spiro atoms. The van der Waals surface area contributed by atoms with Gasteiger partial charge in [0.2, 0.25) is 0 Å². The van der Waals surface area contributed by atoms with E-state index in [1.165, 1.54) is 36.4 Å². The van der Waals surface area contributed by atoms with E-state index in [0.29, 0.717) is 17.3 Å². The zero-order chi connectivity index (χ0) is 21.2. The molecule has 0 aliphatic rings. The third-order valence-corrected chi connectivity index (χ3v) is 4.16. The van der Waals surface area contributed by atoms with Gasteiger partial charge < -0.3 is 10.6 Å². The van der Waals surface area contributed by atoms with Crippen LogP contribution in [0.2, 0.25) is 0 Å². The summed E-state index contributed by atoms with van der Waals surface area (Å²) in [6, 6.07) is 12.1. The zero-order valence-corrected chi connectivity index (χ0v) is 15.1. The molecule has 0 radical (unpaired) electrons. The molecule has 29 heavy (non-hydrogen) atoms. The fourth-order valence-corrected chi connectivity index (χ4v) is 2.77. The monoisotopic (exact) mass is 406 g/mol. The number of halogens is 5. The van der Waals surface area contributed by atoms with Gasteiger partial charge in [-0.15, -0.1) is 0 Å². The van der Waals surface area contributed by atoms with Crippen LogP contribution in [0.1, 0.15) is 21.5 Å². The van der Waals surface area contributed by atoms with Crippen LogP contribution >= 0.6 is 0 Å². The molecular formula is C21H15F5N2O. The maximum atomic E-state index is 13.9. The molecule has 2 N–H and O–H groups in total. The molecular weight excluding hydrogens is 391 g/mol. The molecule has 0 atom stereocenters. The smallest absolute Gasteiger partial charge is 0.355 e. The highest BCUT2D eigenvalue weighted by molar-refractivity contribution is 6.05. The summed E-state index contributed by atoms with van der Waals surface area (Å²) in [5.41, 5.74) is -0.502. The summed E-state index contributed by atoms with van der Waals surface area (Å²) in [4.78, 5) is 12.3. The Labute approximate surface area is 163 Å². The van der Waals surface area contributed by atoms with Gasteiger partial charge in [-0.2, -0.15) is 13.2 Å². The van der Waals surface area contributed by atoms with Gasteiger partial charge in [0.05, 0.1) is 16.8 Å². The summed E-state index contributed by atoms with van der Waals surface area (Å²) < 4.78 is 66.5. The summed E-state index contributed by atoms with van der Waals surface area (Å²) >= 11 is 0. The average molecular weight is 406 g/mol. The fourth-order valence-electron chi connectivity index (χ4n) is 2.77. The summed E-state index contributed by atoms with van der Waals surface area (Å²) in [5.74, 6) is -2.12. The second-order valence-electron chi connectivity index (χ2n) is 6.28. The summed E-state index contributed by atoms with van der Waals surface area (Å²) in [5, 5.41) is 5.05. The van der Waals surface area contributed by atoms with Crippen molar-refractivity contribution in [2.45, 2.75) is 13.1 Å². The number of carbonyl (C=O) groups excluding carboxylic acids is 1. The van der Waals surface area contributed by atoms with Gasteiger partial charge in [-0.3, -0.25) is 4.79 Å². The maximum Gasteiger partial charge on any atom is 0.418 e. The lowest BCUT2D eigenvalue weighted by Gasteiger charge is -2.15. The van der Waals surface area contributed by atoms with E-state index >= 15 is 0 Å². The van der Waals surface area contributed by atoms with Crippen molar-refractivity contribution in [2.24, 2.45) is 0 Å². The van der Waals surface area contributed by atoms with Crippen molar-refractivity contribution in [2.75, 3.05) is 10.6 Å². The van der Waals surface area contributed by atoms with Gasteiger partial charge in [-0.1, -0.05) is 12.1 Å². The van der Waals surface area contributed by atoms with Crippen LogP contribution in [0.3, 0.4) is 0 Å². The van der Waals surface area contributed by atoms with E-state index in [0.717, 1.165) is 12.1 Å². The molecule has 0 saturated heterocycles. The average Bonchev–Trinajstić information content (AvgIpc) is 2.62. The minimum atomic E-state index is -4.65. The van der Waals surface area contributed by atoms with Gasteiger partial charge in [-0.05, 0) is 61.0 Å². The lowest BCUT2D eigenvalue weighted by atomic mass is 10.1. The predicted molar refractivity (Wildman–Crippen MR) is 100 cm³/mol. The molecule has 0 bridgehead atoms. The van der Waals surface area contributed by atoms with Crippen molar-refractivity contribution in [3.05, 3.63) is 89.0 Å². The Morgan fingerprint density at radius 3 is 2.17 bits per heavy atom. The quantitative estimate of drug-likeness (QED) is 0.500. The van der Waals surface area contributed by atoms with E-state index in [2.05, 4.69) is 10.6 Å². The van der Waals surface area contributed by atoms with Crippen LogP contribution in [0, 0.1) is 18.6 Å². The molecule has 0 aliphatic carbocycles. The number of rotatable bonds is 4. The second kappa shape index (κ2) is 7.90. The topological polar surface area (TPSA) is 41.1 Å². The Balaban J connectivity index is 1.78. The van der Waals surface area contributed by atoms with Crippen LogP contribution in [0.15, 0.2) is 60.7 Å². The Kier molecular flexibility index (Phi) is 5.54. The zero-order valence-electron chi connectivity index (χ0n) is 15.1. The molecule has 0 fully saturated rings. The van der Waals surface area contributed by atoms with Crippen molar-refractivity contribution in [3.8, 4) is 0 Å². The number of carbonyl (C=O) groups is 1. The number of anilines is 3. The Morgan fingerprint density at radius 2 is 1.55 bits per heavy atom. The van der Waals surface area contributed by atoms with E-state index in [1.54, 1.807) is 13.0 Å². The second-order valence-corrected chi connectivity index (χ2v) is 6.28. The van der Waals surface area contributed by atoms with E-state index < -0.39 is 35.0 Å². The minimum Gasteiger partial charge on any atom is -0.355 e. The molecule has 0 aliphatic heterocycles. The maximum absolute atomic E-state index is 13.9. The van der Waals surface area contributed by atoms with E-state index in [9.17, 15) is 26.7 Å². The number of amides is 1. The van der Waals surface area contributed by atoms with Gasteiger partial charge in [-0.25, -0.2) is 8.78 Å². The number of benzene rings is 3. The molecule has 3 rings (SSSR count). The highest BCUT2D eigenvalue weighted by atomic mass is 19.4. The molecule has 150 valence electrons. The summed E-state index contributed by atoms with van der Waals surface area (Å²) in [7, 11) is 0. The lowest BCUT2D eigenvalue weighted by Crippen LogP contribution is -2.15. The molecule has 8 heteroatoms. The van der Waals surface area contributed by atoms with Crippen LogP contribution in [-0.4, -0.2) is 5.91 Å². The first-order valence-corrected chi connectivity index (χ1v) is 8.45. The lowest BCUT2D eigenvalue weighted by molar-refractivity contribution is -0.136. The molecule has 0 aromatic heterocycles. The van der Waals surface area contributed by atoms with Gasteiger partial charge >= 0.3 is 6.18 Å². The molecule has 3 aromatic rings. The molecule has 0 heterocycles. The largest absolute Gasteiger partial charge is 0.418 e. The van der Waals surface area contributed by atoms with Crippen molar-refractivity contribution in [1.29, 1.82) is 0 Å². The standard InChI is InChI=1S/C21H15F5N2O/c1-12-3-2-4-17(23)19(12)20(29)28-15-8-6-14(7-9-15)27-18-11-13(22)5-10-16(18)21(24,25)26/h2-11,27H,1H3,(H,28,29). The Hall–Kier alpha value is -3.42. The van der Waals surface area contributed by atoms with E-state index in [1.807, 2.05) is 0 Å².